The number of benzene rings is 1. The van der Waals surface area contributed by atoms with Crippen LogP contribution < -0.4 is 5.32 Å². The maximum absolute atomic E-state index is 11.9. The van der Waals surface area contributed by atoms with E-state index in [0.717, 1.165) is 30.5 Å². The predicted molar refractivity (Wildman–Crippen MR) is 69.4 cm³/mol. The van der Waals surface area contributed by atoms with E-state index in [1.54, 1.807) is 0 Å². The molecule has 1 aromatic carbocycles. The Labute approximate surface area is 111 Å². The zero-order valence-electron chi connectivity index (χ0n) is 10.6. The SMILES string of the molecule is O=C(NCc1nc2ccccc2o1)[C@@H]1CCCOC1. The minimum atomic E-state index is -0.0434. The van der Waals surface area contributed by atoms with Crippen LogP contribution in [0.4, 0.5) is 0 Å². The number of rotatable bonds is 3. The number of hydrogen-bond acceptors (Lipinski definition) is 4. The van der Waals surface area contributed by atoms with Crippen LogP contribution in [-0.4, -0.2) is 24.1 Å². The molecular weight excluding hydrogens is 244 g/mol. The summed E-state index contributed by atoms with van der Waals surface area (Å²) in [4.78, 5) is 16.2. The molecular formula is C14H16N2O3. The number of aromatic nitrogens is 1. The molecule has 3 rings (SSSR count). The van der Waals surface area contributed by atoms with E-state index in [1.807, 2.05) is 24.3 Å². The summed E-state index contributed by atoms with van der Waals surface area (Å²) in [6.45, 7) is 1.60. The Kier molecular flexibility index (Phi) is 3.46. The van der Waals surface area contributed by atoms with Crippen LogP contribution in [0.3, 0.4) is 0 Å². The summed E-state index contributed by atoms with van der Waals surface area (Å²) in [6.07, 6.45) is 1.83. The average Bonchev–Trinajstić information content (AvgIpc) is 2.88. The van der Waals surface area contributed by atoms with Crippen molar-refractivity contribution in [3.05, 3.63) is 30.2 Å². The number of nitrogens with zero attached hydrogens (tertiary/aromatic N) is 1. The normalized spacial score (nSPS) is 19.5. The summed E-state index contributed by atoms with van der Waals surface area (Å²) in [6, 6.07) is 7.56. The molecule has 0 radical (unpaired) electrons. The van der Waals surface area contributed by atoms with Gasteiger partial charge in [-0.2, -0.15) is 0 Å². The maximum Gasteiger partial charge on any atom is 0.225 e. The van der Waals surface area contributed by atoms with Crippen LogP contribution in [-0.2, 0) is 16.1 Å². The van der Waals surface area contributed by atoms with E-state index in [4.69, 9.17) is 9.15 Å². The van der Waals surface area contributed by atoms with Gasteiger partial charge >= 0.3 is 0 Å². The van der Waals surface area contributed by atoms with Crippen molar-refractivity contribution in [2.45, 2.75) is 19.4 Å². The molecule has 0 spiro atoms. The third-order valence-corrected chi connectivity index (χ3v) is 3.28. The van der Waals surface area contributed by atoms with E-state index < -0.39 is 0 Å². The number of carbonyl (C=O) groups is 1. The summed E-state index contributed by atoms with van der Waals surface area (Å²) >= 11 is 0. The number of fused-ring (bicyclic) bond motifs is 1. The molecule has 0 bridgehead atoms. The van der Waals surface area contributed by atoms with E-state index in [9.17, 15) is 4.79 Å². The van der Waals surface area contributed by atoms with Crippen molar-refractivity contribution < 1.29 is 13.9 Å². The zero-order valence-corrected chi connectivity index (χ0v) is 10.6. The third-order valence-electron chi connectivity index (χ3n) is 3.28. The van der Waals surface area contributed by atoms with Crippen molar-refractivity contribution in [1.29, 1.82) is 0 Å². The molecule has 1 atom stereocenters. The van der Waals surface area contributed by atoms with Crippen molar-refractivity contribution in [1.82, 2.24) is 10.3 Å². The van der Waals surface area contributed by atoms with Crippen molar-refractivity contribution in [2.24, 2.45) is 5.92 Å². The predicted octanol–water partition coefficient (Wildman–Crippen LogP) is 1.87. The van der Waals surface area contributed by atoms with Crippen LogP contribution in [0, 0.1) is 5.92 Å². The lowest BCUT2D eigenvalue weighted by atomic mass is 10.0. The Morgan fingerprint density at radius 2 is 2.32 bits per heavy atom. The highest BCUT2D eigenvalue weighted by Gasteiger charge is 2.21. The van der Waals surface area contributed by atoms with Gasteiger partial charge in [-0.25, -0.2) is 4.98 Å². The topological polar surface area (TPSA) is 64.4 Å². The van der Waals surface area contributed by atoms with E-state index in [-0.39, 0.29) is 11.8 Å². The van der Waals surface area contributed by atoms with Gasteiger partial charge in [0.1, 0.15) is 5.52 Å². The van der Waals surface area contributed by atoms with Gasteiger partial charge in [-0.1, -0.05) is 12.1 Å². The molecule has 0 aliphatic carbocycles. The van der Waals surface area contributed by atoms with Crippen LogP contribution in [0.5, 0.6) is 0 Å². The lowest BCUT2D eigenvalue weighted by molar-refractivity contribution is -0.129. The van der Waals surface area contributed by atoms with Gasteiger partial charge < -0.3 is 14.5 Å². The molecule has 5 nitrogen and oxygen atoms in total. The number of ether oxygens (including phenoxy) is 1. The standard InChI is InChI=1S/C14H16N2O3/c17-14(10-4-3-7-18-9-10)15-8-13-16-11-5-1-2-6-12(11)19-13/h1-2,5-6,10H,3-4,7-9H2,(H,15,17)/t10-/m1/s1. The molecule has 5 heteroatoms. The number of para-hydroxylation sites is 2. The van der Waals surface area contributed by atoms with E-state index in [0.29, 0.717) is 19.0 Å². The van der Waals surface area contributed by atoms with Crippen molar-refractivity contribution in [2.75, 3.05) is 13.2 Å². The molecule has 2 aromatic rings. The monoisotopic (exact) mass is 260 g/mol. The lowest BCUT2D eigenvalue weighted by Gasteiger charge is -2.20. The Morgan fingerprint density at radius 3 is 3.11 bits per heavy atom. The molecule has 1 aliphatic heterocycles. The maximum atomic E-state index is 11.9. The molecule has 19 heavy (non-hydrogen) atoms. The first-order valence-electron chi connectivity index (χ1n) is 6.53. The summed E-state index contributed by atoms with van der Waals surface area (Å²) in [5.41, 5.74) is 1.56. The Hall–Kier alpha value is -1.88. The molecule has 1 saturated heterocycles. The van der Waals surface area contributed by atoms with E-state index >= 15 is 0 Å². The molecule has 1 fully saturated rings. The number of oxazole rings is 1. The highest BCUT2D eigenvalue weighted by Crippen LogP contribution is 2.16. The molecule has 2 heterocycles. The highest BCUT2D eigenvalue weighted by atomic mass is 16.5. The second kappa shape index (κ2) is 5.40. The van der Waals surface area contributed by atoms with Gasteiger partial charge in [0.2, 0.25) is 11.8 Å². The van der Waals surface area contributed by atoms with Crippen LogP contribution in [0.25, 0.3) is 11.1 Å². The van der Waals surface area contributed by atoms with Gasteiger partial charge in [0.05, 0.1) is 19.1 Å². The third kappa shape index (κ3) is 2.76. The first-order chi connectivity index (χ1) is 9.33. The van der Waals surface area contributed by atoms with Crippen LogP contribution >= 0.6 is 0 Å². The average molecular weight is 260 g/mol. The van der Waals surface area contributed by atoms with Gasteiger partial charge in [-0.05, 0) is 25.0 Å². The Bertz CT molecular complexity index is 540. The molecule has 0 saturated carbocycles. The smallest absolute Gasteiger partial charge is 0.225 e. The summed E-state index contributed by atoms with van der Waals surface area (Å²) in [7, 11) is 0. The van der Waals surface area contributed by atoms with E-state index in [1.165, 1.54) is 0 Å². The van der Waals surface area contributed by atoms with E-state index in [2.05, 4.69) is 10.3 Å². The summed E-state index contributed by atoms with van der Waals surface area (Å²) in [5.74, 6) is 0.506. The second-order valence-electron chi connectivity index (χ2n) is 4.71. The fourth-order valence-corrected chi connectivity index (χ4v) is 2.25. The zero-order chi connectivity index (χ0) is 13.1. The summed E-state index contributed by atoms with van der Waals surface area (Å²) in [5, 5.41) is 2.85. The van der Waals surface area contributed by atoms with Gasteiger partial charge in [0.25, 0.3) is 0 Å². The molecule has 0 unspecified atom stereocenters. The second-order valence-corrected chi connectivity index (χ2v) is 4.71. The van der Waals surface area contributed by atoms with Gasteiger partial charge in [-0.15, -0.1) is 0 Å². The van der Waals surface area contributed by atoms with Gasteiger partial charge in [0, 0.05) is 6.61 Å². The van der Waals surface area contributed by atoms with Crippen molar-refractivity contribution in [3.8, 4) is 0 Å². The fourth-order valence-electron chi connectivity index (χ4n) is 2.25. The number of hydrogen-bond donors (Lipinski definition) is 1. The fraction of sp³-hybridized carbons (Fsp3) is 0.429. The lowest BCUT2D eigenvalue weighted by Crippen LogP contribution is -2.35. The Morgan fingerprint density at radius 1 is 1.42 bits per heavy atom. The van der Waals surface area contributed by atoms with Crippen LogP contribution in [0.1, 0.15) is 18.7 Å². The minimum absolute atomic E-state index is 0.0157. The van der Waals surface area contributed by atoms with Crippen molar-refractivity contribution in [3.63, 3.8) is 0 Å². The molecule has 1 aliphatic rings. The quantitative estimate of drug-likeness (QED) is 0.915. The molecule has 1 N–H and O–H groups in total. The van der Waals surface area contributed by atoms with Crippen LogP contribution in [0.2, 0.25) is 0 Å². The highest BCUT2D eigenvalue weighted by molar-refractivity contribution is 5.79. The van der Waals surface area contributed by atoms with Gasteiger partial charge in [0.15, 0.2) is 5.58 Å². The number of carbonyl (C=O) groups excluding carboxylic acids is 1. The molecule has 1 aromatic heterocycles. The molecule has 1 amide bonds. The molecule has 100 valence electrons. The van der Waals surface area contributed by atoms with Crippen LogP contribution in [0.15, 0.2) is 28.7 Å². The number of amides is 1. The van der Waals surface area contributed by atoms with Gasteiger partial charge in [-0.3, -0.25) is 4.79 Å². The minimum Gasteiger partial charge on any atom is -0.439 e. The first-order valence-corrected chi connectivity index (χ1v) is 6.53. The Balaban J connectivity index is 1.60. The summed E-state index contributed by atoms with van der Waals surface area (Å²) < 4.78 is 10.9. The first kappa shape index (κ1) is 12.2. The number of nitrogens with one attached hydrogen (secondary N) is 1. The largest absolute Gasteiger partial charge is 0.439 e. The van der Waals surface area contributed by atoms with Crippen molar-refractivity contribution >= 4 is 17.0 Å².